The van der Waals surface area contributed by atoms with E-state index in [9.17, 15) is 4.79 Å². The van der Waals surface area contributed by atoms with Gasteiger partial charge in [-0.2, -0.15) is 0 Å². The minimum atomic E-state index is 0.160. The van der Waals surface area contributed by atoms with Gasteiger partial charge in [0.15, 0.2) is 0 Å². The van der Waals surface area contributed by atoms with Crippen LogP contribution in [-0.2, 0) is 4.79 Å². The van der Waals surface area contributed by atoms with Gasteiger partial charge in [-0.3, -0.25) is 4.79 Å². The molecule has 0 unspecified atom stereocenters. The molecule has 1 aliphatic carbocycles. The Kier molecular flexibility index (Phi) is 3.31. The first kappa shape index (κ1) is 12.0. The lowest BCUT2D eigenvalue weighted by molar-refractivity contribution is -0.119. The van der Waals surface area contributed by atoms with Crippen molar-refractivity contribution < 1.29 is 4.79 Å². The number of carbonyl (C=O) groups is 1. The highest BCUT2D eigenvalue weighted by Gasteiger charge is 2.22. The van der Waals surface area contributed by atoms with Crippen molar-refractivity contribution in [2.45, 2.75) is 25.7 Å². The normalized spacial score (nSPS) is 15.6. The van der Waals surface area contributed by atoms with Gasteiger partial charge in [-0.25, -0.2) is 4.98 Å². The molecule has 0 aliphatic heterocycles. The molecule has 1 amide bonds. The lowest BCUT2D eigenvalue weighted by Crippen LogP contribution is -2.20. The molecule has 1 aliphatic rings. The molecule has 3 rings (SSSR count). The molecule has 98 valence electrons. The van der Waals surface area contributed by atoms with E-state index in [0.29, 0.717) is 0 Å². The summed E-state index contributed by atoms with van der Waals surface area (Å²) in [6.07, 6.45) is 9.81. The highest BCUT2D eigenvalue weighted by molar-refractivity contribution is 5.92. The Morgan fingerprint density at radius 2 is 1.95 bits per heavy atom. The Morgan fingerprint density at radius 1 is 1.21 bits per heavy atom. The Bertz CT molecular complexity index is 539. The molecule has 0 spiro atoms. The standard InChI is InChI=1S/C15H17N3O/c19-15(12-3-1-2-4-12)17-13-5-7-14(8-6-13)18-10-9-16-11-18/h5-12H,1-4H2,(H,17,19). The quantitative estimate of drug-likeness (QED) is 0.916. The summed E-state index contributed by atoms with van der Waals surface area (Å²) in [7, 11) is 0. The van der Waals surface area contributed by atoms with Crippen LogP contribution in [0.15, 0.2) is 43.0 Å². The van der Waals surface area contributed by atoms with Gasteiger partial charge in [0.1, 0.15) is 0 Å². The number of rotatable bonds is 3. The van der Waals surface area contributed by atoms with Crippen LogP contribution in [0.5, 0.6) is 0 Å². The zero-order valence-corrected chi connectivity index (χ0v) is 10.7. The number of nitrogens with one attached hydrogen (secondary N) is 1. The number of nitrogens with zero attached hydrogens (tertiary/aromatic N) is 2. The summed E-state index contributed by atoms with van der Waals surface area (Å²) in [5.74, 6) is 0.362. The van der Waals surface area contributed by atoms with Gasteiger partial charge in [0.2, 0.25) is 5.91 Å². The fourth-order valence-electron chi connectivity index (χ4n) is 2.56. The molecule has 4 heteroatoms. The molecule has 4 nitrogen and oxygen atoms in total. The lowest BCUT2D eigenvalue weighted by atomic mass is 10.1. The molecule has 1 saturated carbocycles. The fourth-order valence-corrected chi connectivity index (χ4v) is 2.56. The maximum Gasteiger partial charge on any atom is 0.227 e. The second-order valence-corrected chi connectivity index (χ2v) is 4.99. The first-order valence-electron chi connectivity index (χ1n) is 6.72. The number of imidazole rings is 1. The topological polar surface area (TPSA) is 46.9 Å². The van der Waals surface area contributed by atoms with Crippen molar-refractivity contribution >= 4 is 11.6 Å². The average molecular weight is 255 g/mol. The van der Waals surface area contributed by atoms with Gasteiger partial charge in [-0.1, -0.05) is 12.8 Å². The largest absolute Gasteiger partial charge is 0.326 e. The molecule has 1 aromatic carbocycles. The van der Waals surface area contributed by atoms with Gasteiger partial charge in [-0.15, -0.1) is 0 Å². The molecular formula is C15H17N3O. The summed E-state index contributed by atoms with van der Waals surface area (Å²) < 4.78 is 1.93. The van der Waals surface area contributed by atoms with Crippen molar-refractivity contribution in [2.75, 3.05) is 5.32 Å². The van der Waals surface area contributed by atoms with Crippen molar-refractivity contribution in [3.8, 4) is 5.69 Å². The van der Waals surface area contributed by atoms with Gasteiger partial charge in [0.05, 0.1) is 6.33 Å². The molecule has 1 N–H and O–H groups in total. The molecular weight excluding hydrogens is 238 g/mol. The predicted molar refractivity (Wildman–Crippen MR) is 74.2 cm³/mol. The van der Waals surface area contributed by atoms with Crippen LogP contribution in [-0.4, -0.2) is 15.5 Å². The molecule has 1 aromatic heterocycles. The second kappa shape index (κ2) is 5.26. The Morgan fingerprint density at radius 3 is 2.58 bits per heavy atom. The lowest BCUT2D eigenvalue weighted by Gasteiger charge is -2.11. The third kappa shape index (κ3) is 2.67. The van der Waals surface area contributed by atoms with Crippen LogP contribution in [0.25, 0.3) is 5.69 Å². The van der Waals surface area contributed by atoms with Crippen LogP contribution in [0.4, 0.5) is 5.69 Å². The highest BCUT2D eigenvalue weighted by atomic mass is 16.1. The first-order chi connectivity index (χ1) is 9.33. The van der Waals surface area contributed by atoms with Gasteiger partial charge < -0.3 is 9.88 Å². The summed E-state index contributed by atoms with van der Waals surface area (Å²) in [6, 6.07) is 7.82. The van der Waals surface area contributed by atoms with E-state index >= 15 is 0 Å². The van der Waals surface area contributed by atoms with E-state index in [4.69, 9.17) is 0 Å². The van der Waals surface area contributed by atoms with Gasteiger partial charge in [0, 0.05) is 29.7 Å². The van der Waals surface area contributed by atoms with Crippen molar-refractivity contribution in [1.29, 1.82) is 0 Å². The number of anilines is 1. The smallest absolute Gasteiger partial charge is 0.227 e. The van der Waals surface area contributed by atoms with Crippen LogP contribution in [0.1, 0.15) is 25.7 Å². The van der Waals surface area contributed by atoms with E-state index in [-0.39, 0.29) is 11.8 Å². The maximum absolute atomic E-state index is 12.0. The Hall–Kier alpha value is -2.10. The van der Waals surface area contributed by atoms with Gasteiger partial charge in [-0.05, 0) is 37.1 Å². The van der Waals surface area contributed by atoms with Crippen LogP contribution in [0.2, 0.25) is 0 Å². The van der Waals surface area contributed by atoms with Crippen LogP contribution in [0.3, 0.4) is 0 Å². The minimum Gasteiger partial charge on any atom is -0.326 e. The van der Waals surface area contributed by atoms with E-state index in [1.807, 2.05) is 35.0 Å². The molecule has 0 saturated heterocycles. The molecule has 1 fully saturated rings. The maximum atomic E-state index is 12.0. The van der Waals surface area contributed by atoms with Crippen LogP contribution < -0.4 is 5.32 Å². The van der Waals surface area contributed by atoms with Gasteiger partial charge in [0.25, 0.3) is 0 Å². The number of benzene rings is 1. The summed E-state index contributed by atoms with van der Waals surface area (Å²) >= 11 is 0. The zero-order valence-electron chi connectivity index (χ0n) is 10.7. The summed E-state index contributed by atoms with van der Waals surface area (Å²) in [6.45, 7) is 0. The van der Waals surface area contributed by atoms with E-state index in [1.54, 1.807) is 12.5 Å². The van der Waals surface area contributed by atoms with E-state index in [2.05, 4.69) is 10.3 Å². The number of aromatic nitrogens is 2. The van der Waals surface area contributed by atoms with Crippen molar-refractivity contribution in [3.63, 3.8) is 0 Å². The zero-order chi connectivity index (χ0) is 13.1. The van der Waals surface area contributed by atoms with Crippen molar-refractivity contribution in [3.05, 3.63) is 43.0 Å². The Balaban J connectivity index is 1.67. The third-order valence-corrected chi connectivity index (χ3v) is 3.66. The molecule has 1 heterocycles. The predicted octanol–water partition coefficient (Wildman–Crippen LogP) is 3.00. The van der Waals surface area contributed by atoms with Crippen LogP contribution in [0, 0.1) is 5.92 Å². The van der Waals surface area contributed by atoms with Gasteiger partial charge >= 0.3 is 0 Å². The molecule has 0 atom stereocenters. The second-order valence-electron chi connectivity index (χ2n) is 4.99. The molecule has 0 radical (unpaired) electrons. The summed E-state index contributed by atoms with van der Waals surface area (Å²) in [5.41, 5.74) is 1.90. The molecule has 2 aromatic rings. The van der Waals surface area contributed by atoms with E-state index in [0.717, 1.165) is 24.2 Å². The Labute approximate surface area is 112 Å². The molecule has 0 bridgehead atoms. The minimum absolute atomic E-state index is 0.160. The monoisotopic (exact) mass is 255 g/mol. The number of hydrogen-bond donors (Lipinski definition) is 1. The third-order valence-electron chi connectivity index (χ3n) is 3.66. The number of amides is 1. The average Bonchev–Trinajstić information content (AvgIpc) is 3.13. The van der Waals surface area contributed by atoms with E-state index in [1.165, 1.54) is 12.8 Å². The first-order valence-corrected chi connectivity index (χ1v) is 6.72. The van der Waals surface area contributed by atoms with Crippen molar-refractivity contribution in [1.82, 2.24) is 9.55 Å². The van der Waals surface area contributed by atoms with Crippen molar-refractivity contribution in [2.24, 2.45) is 5.92 Å². The van der Waals surface area contributed by atoms with Crippen LogP contribution >= 0.6 is 0 Å². The summed E-state index contributed by atoms with van der Waals surface area (Å²) in [5, 5.41) is 2.99. The SMILES string of the molecule is O=C(Nc1ccc(-n2ccnc2)cc1)C1CCCC1. The molecule has 19 heavy (non-hydrogen) atoms. The highest BCUT2D eigenvalue weighted by Crippen LogP contribution is 2.26. The van der Waals surface area contributed by atoms with E-state index < -0.39 is 0 Å². The number of carbonyl (C=O) groups excluding carboxylic acids is 1. The fraction of sp³-hybridized carbons (Fsp3) is 0.333. The summed E-state index contributed by atoms with van der Waals surface area (Å²) in [4.78, 5) is 16.0. The number of hydrogen-bond acceptors (Lipinski definition) is 2.